The molecule has 0 aliphatic carbocycles. The number of allylic oxidation sites excluding steroid dienone is 1. The average Bonchev–Trinajstić information content (AvgIpc) is 2.93. The number of aliphatic hydroxyl groups excluding tert-OH is 2. The Morgan fingerprint density at radius 1 is 0.923 bits per heavy atom. The molecule has 0 aliphatic heterocycles. The third kappa shape index (κ3) is 10.3. The summed E-state index contributed by atoms with van der Waals surface area (Å²) in [5.74, 6) is -3.39. The molecule has 0 fully saturated rings. The van der Waals surface area contributed by atoms with Gasteiger partial charge >= 0.3 is 5.97 Å². The van der Waals surface area contributed by atoms with E-state index in [2.05, 4.69) is 10.6 Å². The van der Waals surface area contributed by atoms with Crippen LogP contribution in [0.25, 0.3) is 6.08 Å². The molecule has 2 rings (SSSR count). The minimum absolute atomic E-state index is 0.106. The molecule has 210 valence electrons. The molecule has 5 N–H and O–H groups in total. The third-order valence-corrected chi connectivity index (χ3v) is 6.19. The number of aromatic hydroxyl groups is 1. The molecular formula is C29H36N2O8. The van der Waals surface area contributed by atoms with Gasteiger partial charge in [0, 0.05) is 23.1 Å². The summed E-state index contributed by atoms with van der Waals surface area (Å²) in [6.07, 6.45) is 3.74. The summed E-state index contributed by atoms with van der Waals surface area (Å²) in [6, 6.07) is 12.8. The fourth-order valence-electron chi connectivity index (χ4n) is 3.96. The van der Waals surface area contributed by atoms with E-state index in [4.69, 9.17) is 14.9 Å². The topological polar surface area (TPSA) is 162 Å². The lowest BCUT2D eigenvalue weighted by molar-refractivity contribution is -0.149. The van der Waals surface area contributed by atoms with Crippen LogP contribution in [0.1, 0.15) is 49.0 Å². The van der Waals surface area contributed by atoms with Crippen molar-refractivity contribution in [2.75, 3.05) is 25.3 Å². The normalized spacial score (nSPS) is 13.3. The molecule has 0 aromatic heterocycles. The van der Waals surface area contributed by atoms with Gasteiger partial charge < -0.3 is 30.7 Å². The standard InChI is InChI=1S/C29H36N2O8/c1-3-21(17-23(27(36)30-18-33)16-19(2)29(38)39-15-14-32)28(37)31-24-9-7-22(8-10-24)26(35)13-6-20-4-11-25(34)12-5-20/h4-13,19,21,23,32-34H,3,14-18H2,1-2H3,(H,30,36)(H,31,37)/b13-6+. The summed E-state index contributed by atoms with van der Waals surface area (Å²) >= 11 is 0. The molecule has 3 unspecified atom stereocenters. The minimum atomic E-state index is -0.732. The lowest BCUT2D eigenvalue weighted by Crippen LogP contribution is -2.36. The predicted molar refractivity (Wildman–Crippen MR) is 145 cm³/mol. The number of hydrogen-bond donors (Lipinski definition) is 5. The minimum Gasteiger partial charge on any atom is -0.508 e. The summed E-state index contributed by atoms with van der Waals surface area (Å²) in [7, 11) is 0. The van der Waals surface area contributed by atoms with E-state index in [0.29, 0.717) is 17.7 Å². The van der Waals surface area contributed by atoms with E-state index in [-0.39, 0.29) is 43.5 Å². The maximum absolute atomic E-state index is 13.0. The molecule has 10 nitrogen and oxygen atoms in total. The highest BCUT2D eigenvalue weighted by atomic mass is 16.5. The van der Waals surface area contributed by atoms with Crippen molar-refractivity contribution < 1.29 is 39.2 Å². The van der Waals surface area contributed by atoms with Crippen LogP contribution in [0.4, 0.5) is 5.69 Å². The Morgan fingerprint density at radius 3 is 2.18 bits per heavy atom. The molecule has 3 atom stereocenters. The highest BCUT2D eigenvalue weighted by Gasteiger charge is 2.30. The molecule has 0 spiro atoms. The fourth-order valence-corrected chi connectivity index (χ4v) is 3.96. The summed E-state index contributed by atoms with van der Waals surface area (Å²) in [6.45, 7) is 2.39. The van der Waals surface area contributed by atoms with Gasteiger partial charge in [-0.25, -0.2) is 0 Å². The zero-order chi connectivity index (χ0) is 28.8. The van der Waals surface area contributed by atoms with Gasteiger partial charge in [0.05, 0.1) is 12.5 Å². The number of phenols is 1. The number of benzene rings is 2. The van der Waals surface area contributed by atoms with Gasteiger partial charge in [0.2, 0.25) is 11.8 Å². The fraction of sp³-hybridized carbons (Fsp3) is 0.379. The van der Waals surface area contributed by atoms with Crippen molar-refractivity contribution in [3.8, 4) is 5.75 Å². The SMILES string of the molecule is CCC(CC(CC(C)C(=O)OCCO)C(=O)NCO)C(=O)Nc1ccc(C(=O)/C=C/c2ccc(O)cc2)cc1. The van der Waals surface area contributed by atoms with Crippen LogP contribution in [0.5, 0.6) is 5.75 Å². The zero-order valence-electron chi connectivity index (χ0n) is 22.1. The van der Waals surface area contributed by atoms with Crippen LogP contribution in [0.2, 0.25) is 0 Å². The van der Waals surface area contributed by atoms with E-state index in [1.165, 1.54) is 18.2 Å². The second-order valence-electron chi connectivity index (χ2n) is 9.12. The van der Waals surface area contributed by atoms with E-state index < -0.39 is 36.4 Å². The second kappa shape index (κ2) is 16.1. The van der Waals surface area contributed by atoms with E-state index in [1.54, 1.807) is 49.4 Å². The number of nitrogens with one attached hydrogen (secondary N) is 2. The summed E-state index contributed by atoms with van der Waals surface area (Å²) < 4.78 is 4.93. The van der Waals surface area contributed by atoms with Gasteiger partial charge in [0.15, 0.2) is 5.78 Å². The first-order valence-electron chi connectivity index (χ1n) is 12.8. The molecule has 2 amide bonds. The Labute approximate surface area is 227 Å². The lowest BCUT2D eigenvalue weighted by atomic mass is 9.85. The maximum Gasteiger partial charge on any atom is 0.308 e. The Hall–Kier alpha value is -4.02. The maximum atomic E-state index is 13.0. The first kappa shape index (κ1) is 31.2. The Morgan fingerprint density at radius 2 is 1.59 bits per heavy atom. The van der Waals surface area contributed by atoms with Crippen molar-refractivity contribution >= 4 is 35.3 Å². The van der Waals surface area contributed by atoms with Crippen LogP contribution in [0.15, 0.2) is 54.6 Å². The van der Waals surface area contributed by atoms with Crippen molar-refractivity contribution in [2.45, 2.75) is 33.1 Å². The van der Waals surface area contributed by atoms with Crippen molar-refractivity contribution in [1.29, 1.82) is 0 Å². The van der Waals surface area contributed by atoms with E-state index in [0.717, 1.165) is 5.56 Å². The summed E-state index contributed by atoms with van der Waals surface area (Å²) in [5.41, 5.74) is 1.67. The predicted octanol–water partition coefficient (Wildman–Crippen LogP) is 2.89. The number of aliphatic hydroxyl groups is 2. The first-order chi connectivity index (χ1) is 18.7. The van der Waals surface area contributed by atoms with Crippen LogP contribution in [-0.4, -0.2) is 58.8 Å². The van der Waals surface area contributed by atoms with Crippen molar-refractivity contribution in [2.24, 2.45) is 17.8 Å². The van der Waals surface area contributed by atoms with E-state index in [9.17, 15) is 24.3 Å². The highest BCUT2D eigenvalue weighted by molar-refractivity contribution is 6.07. The quantitative estimate of drug-likeness (QED) is 0.0997. The molecule has 0 radical (unpaired) electrons. The van der Waals surface area contributed by atoms with Crippen LogP contribution in [0, 0.1) is 17.8 Å². The molecule has 0 aliphatic rings. The summed E-state index contributed by atoms with van der Waals surface area (Å²) in [5, 5.41) is 32.5. The van der Waals surface area contributed by atoms with Gasteiger partial charge in [-0.1, -0.05) is 32.1 Å². The summed E-state index contributed by atoms with van der Waals surface area (Å²) in [4.78, 5) is 50.2. The Kier molecular flexibility index (Phi) is 12.8. The van der Waals surface area contributed by atoms with E-state index >= 15 is 0 Å². The third-order valence-electron chi connectivity index (χ3n) is 6.19. The molecule has 39 heavy (non-hydrogen) atoms. The first-order valence-corrected chi connectivity index (χ1v) is 12.8. The van der Waals surface area contributed by atoms with Gasteiger partial charge in [-0.3, -0.25) is 19.2 Å². The molecule has 10 heteroatoms. The van der Waals surface area contributed by atoms with Gasteiger partial charge in [0.25, 0.3) is 0 Å². The largest absolute Gasteiger partial charge is 0.508 e. The number of rotatable bonds is 15. The number of phenolic OH excluding ortho intramolecular Hbond substituents is 1. The number of ketones is 1. The number of carbonyl (C=O) groups excluding carboxylic acids is 4. The number of anilines is 1. The average molecular weight is 541 g/mol. The zero-order valence-corrected chi connectivity index (χ0v) is 22.1. The molecule has 0 bridgehead atoms. The van der Waals surface area contributed by atoms with Crippen LogP contribution >= 0.6 is 0 Å². The highest BCUT2D eigenvalue weighted by Crippen LogP contribution is 2.25. The Balaban J connectivity index is 2.02. The monoisotopic (exact) mass is 540 g/mol. The number of amides is 2. The Bertz CT molecular complexity index is 1130. The van der Waals surface area contributed by atoms with Crippen LogP contribution in [-0.2, 0) is 19.1 Å². The second-order valence-corrected chi connectivity index (χ2v) is 9.12. The van der Waals surface area contributed by atoms with Crippen molar-refractivity contribution in [3.05, 3.63) is 65.7 Å². The number of hydrogen-bond acceptors (Lipinski definition) is 8. The van der Waals surface area contributed by atoms with Gasteiger partial charge in [-0.05, 0) is 67.3 Å². The molecule has 0 saturated heterocycles. The molecule has 0 saturated carbocycles. The van der Waals surface area contributed by atoms with Crippen LogP contribution in [0.3, 0.4) is 0 Å². The number of ether oxygens (including phenoxy) is 1. The van der Waals surface area contributed by atoms with Gasteiger partial charge in [-0.2, -0.15) is 0 Å². The van der Waals surface area contributed by atoms with Gasteiger partial charge in [0.1, 0.15) is 19.1 Å². The van der Waals surface area contributed by atoms with E-state index in [1.807, 2.05) is 6.92 Å². The van der Waals surface area contributed by atoms with Crippen molar-refractivity contribution in [3.63, 3.8) is 0 Å². The van der Waals surface area contributed by atoms with Crippen LogP contribution < -0.4 is 10.6 Å². The molecule has 2 aromatic rings. The molecular weight excluding hydrogens is 504 g/mol. The number of carbonyl (C=O) groups is 4. The molecule has 0 heterocycles. The molecule has 2 aromatic carbocycles. The lowest BCUT2D eigenvalue weighted by Gasteiger charge is -2.23. The smallest absolute Gasteiger partial charge is 0.308 e. The van der Waals surface area contributed by atoms with Gasteiger partial charge in [-0.15, -0.1) is 0 Å². The number of esters is 1. The van der Waals surface area contributed by atoms with Crippen molar-refractivity contribution in [1.82, 2.24) is 5.32 Å².